The van der Waals surface area contributed by atoms with Gasteiger partial charge in [0.2, 0.25) is 0 Å². The van der Waals surface area contributed by atoms with Crippen LogP contribution in [0, 0.1) is 0 Å². The van der Waals surface area contributed by atoms with Crippen LogP contribution in [0.1, 0.15) is 24.4 Å². The average molecular weight is 383 g/mol. The maximum absolute atomic E-state index is 4.29. The van der Waals surface area contributed by atoms with Crippen LogP contribution < -0.4 is 5.32 Å². The SMILES string of the molecule is C=CCC[C@@H](c1cncc(Br)c1)N1CCNCC1.Cl.Cl. The minimum atomic E-state index is 0. The molecule has 20 heavy (non-hydrogen) atoms. The molecule has 0 bridgehead atoms. The van der Waals surface area contributed by atoms with Crippen LogP contribution in [-0.4, -0.2) is 36.1 Å². The van der Waals surface area contributed by atoms with Crippen LogP contribution in [0.3, 0.4) is 0 Å². The standard InChI is InChI=1S/C14H20BrN3.2ClH/c1-2-3-4-14(18-7-5-16-6-8-18)12-9-13(15)11-17-10-12;;/h2,9-11,14,16H,1,3-8H2;2*1H/t14-;;/m0../s1. The topological polar surface area (TPSA) is 28.2 Å². The van der Waals surface area contributed by atoms with Gasteiger partial charge in [0.1, 0.15) is 0 Å². The molecule has 0 spiro atoms. The number of nitrogens with zero attached hydrogens (tertiary/aromatic N) is 2. The van der Waals surface area contributed by atoms with Crippen molar-refractivity contribution < 1.29 is 0 Å². The van der Waals surface area contributed by atoms with E-state index in [4.69, 9.17) is 0 Å². The molecular weight excluding hydrogens is 361 g/mol. The Morgan fingerprint density at radius 1 is 1.35 bits per heavy atom. The third-order valence-electron chi connectivity index (χ3n) is 3.35. The Bertz CT molecular complexity index is 398. The van der Waals surface area contributed by atoms with Crippen molar-refractivity contribution >= 4 is 40.7 Å². The van der Waals surface area contributed by atoms with E-state index in [2.05, 4.69) is 43.8 Å². The lowest BCUT2D eigenvalue weighted by atomic mass is 10.0. The molecule has 2 heterocycles. The smallest absolute Gasteiger partial charge is 0.0410 e. The molecule has 0 unspecified atom stereocenters. The van der Waals surface area contributed by atoms with Gasteiger partial charge in [-0.1, -0.05) is 6.08 Å². The molecule has 1 saturated heterocycles. The number of hydrogen-bond donors (Lipinski definition) is 1. The van der Waals surface area contributed by atoms with Crippen molar-refractivity contribution in [1.29, 1.82) is 0 Å². The molecule has 1 fully saturated rings. The van der Waals surface area contributed by atoms with E-state index in [1.165, 1.54) is 5.56 Å². The zero-order chi connectivity index (χ0) is 12.8. The van der Waals surface area contributed by atoms with Crippen LogP contribution in [0.15, 0.2) is 35.6 Å². The van der Waals surface area contributed by atoms with Crippen molar-refractivity contribution in [2.75, 3.05) is 26.2 Å². The first kappa shape index (κ1) is 19.9. The number of allylic oxidation sites excluding steroid dienone is 1. The van der Waals surface area contributed by atoms with Crippen LogP contribution in [-0.2, 0) is 0 Å². The van der Waals surface area contributed by atoms with Crippen LogP contribution in [0.25, 0.3) is 0 Å². The van der Waals surface area contributed by atoms with E-state index in [-0.39, 0.29) is 24.8 Å². The molecule has 6 heteroatoms. The molecule has 0 radical (unpaired) electrons. The Morgan fingerprint density at radius 3 is 2.65 bits per heavy atom. The third-order valence-corrected chi connectivity index (χ3v) is 3.78. The van der Waals surface area contributed by atoms with Gasteiger partial charge in [0, 0.05) is 49.1 Å². The first-order valence-electron chi connectivity index (χ1n) is 6.47. The summed E-state index contributed by atoms with van der Waals surface area (Å²) in [6, 6.07) is 2.64. The van der Waals surface area contributed by atoms with Crippen molar-refractivity contribution in [2.45, 2.75) is 18.9 Å². The summed E-state index contributed by atoms with van der Waals surface area (Å²) in [4.78, 5) is 6.84. The van der Waals surface area contributed by atoms with Gasteiger partial charge >= 0.3 is 0 Å². The number of hydrogen-bond acceptors (Lipinski definition) is 3. The van der Waals surface area contributed by atoms with Gasteiger partial charge in [-0.25, -0.2) is 0 Å². The normalized spacial score (nSPS) is 16.6. The highest BCUT2D eigenvalue weighted by atomic mass is 79.9. The Hall–Kier alpha value is -0.130. The van der Waals surface area contributed by atoms with Crippen LogP contribution >= 0.6 is 40.7 Å². The van der Waals surface area contributed by atoms with Crippen molar-refractivity contribution in [3.05, 3.63) is 41.2 Å². The summed E-state index contributed by atoms with van der Waals surface area (Å²) in [5.74, 6) is 0. The number of piperazine rings is 1. The van der Waals surface area contributed by atoms with Gasteiger partial charge in [-0.2, -0.15) is 0 Å². The lowest BCUT2D eigenvalue weighted by Crippen LogP contribution is -2.45. The summed E-state index contributed by atoms with van der Waals surface area (Å²) in [6.07, 6.45) is 7.98. The Balaban J connectivity index is 0.00000180. The van der Waals surface area contributed by atoms with Crippen LogP contribution in [0.4, 0.5) is 0 Å². The summed E-state index contributed by atoms with van der Waals surface area (Å²) >= 11 is 3.51. The second kappa shape index (κ2) is 10.6. The molecule has 0 saturated carbocycles. The number of nitrogens with one attached hydrogen (secondary N) is 1. The van der Waals surface area contributed by atoms with Gasteiger partial charge in [-0.05, 0) is 40.4 Å². The van der Waals surface area contributed by atoms with E-state index >= 15 is 0 Å². The molecule has 0 amide bonds. The fourth-order valence-corrected chi connectivity index (χ4v) is 2.82. The predicted molar refractivity (Wildman–Crippen MR) is 93.0 cm³/mol. The molecule has 1 aliphatic rings. The van der Waals surface area contributed by atoms with Crippen LogP contribution in [0.5, 0.6) is 0 Å². The van der Waals surface area contributed by atoms with Crippen molar-refractivity contribution in [3.8, 4) is 0 Å². The monoisotopic (exact) mass is 381 g/mol. The molecule has 0 aliphatic carbocycles. The lowest BCUT2D eigenvalue weighted by molar-refractivity contribution is 0.166. The maximum Gasteiger partial charge on any atom is 0.0410 e. The second-order valence-electron chi connectivity index (χ2n) is 4.60. The Morgan fingerprint density at radius 2 is 2.05 bits per heavy atom. The fraction of sp³-hybridized carbons (Fsp3) is 0.500. The highest BCUT2D eigenvalue weighted by molar-refractivity contribution is 9.10. The average Bonchev–Trinajstić information content (AvgIpc) is 2.40. The van der Waals surface area contributed by atoms with E-state index in [0.29, 0.717) is 6.04 Å². The van der Waals surface area contributed by atoms with E-state index in [1.54, 1.807) is 0 Å². The fourth-order valence-electron chi connectivity index (χ4n) is 2.44. The minimum Gasteiger partial charge on any atom is -0.314 e. The van der Waals surface area contributed by atoms with Gasteiger partial charge in [-0.3, -0.25) is 9.88 Å². The number of aromatic nitrogens is 1. The highest BCUT2D eigenvalue weighted by Gasteiger charge is 2.21. The molecule has 114 valence electrons. The molecule has 1 N–H and O–H groups in total. The zero-order valence-electron chi connectivity index (χ0n) is 11.4. The van der Waals surface area contributed by atoms with E-state index < -0.39 is 0 Å². The first-order valence-corrected chi connectivity index (χ1v) is 7.26. The summed E-state index contributed by atoms with van der Waals surface area (Å²) < 4.78 is 1.05. The van der Waals surface area contributed by atoms with E-state index in [1.807, 2.05) is 18.5 Å². The second-order valence-corrected chi connectivity index (χ2v) is 5.52. The van der Waals surface area contributed by atoms with Crippen molar-refractivity contribution in [3.63, 3.8) is 0 Å². The van der Waals surface area contributed by atoms with Gasteiger partial charge in [0.25, 0.3) is 0 Å². The number of pyridine rings is 1. The first-order chi connectivity index (χ1) is 8.81. The lowest BCUT2D eigenvalue weighted by Gasteiger charge is -2.35. The molecule has 1 aliphatic heterocycles. The van der Waals surface area contributed by atoms with Gasteiger partial charge in [0.05, 0.1) is 0 Å². The highest BCUT2D eigenvalue weighted by Crippen LogP contribution is 2.27. The molecule has 1 aromatic rings. The molecule has 0 aromatic carbocycles. The summed E-state index contributed by atoms with van der Waals surface area (Å²) in [7, 11) is 0. The summed E-state index contributed by atoms with van der Waals surface area (Å²) in [5, 5.41) is 3.40. The minimum absolute atomic E-state index is 0. The predicted octanol–water partition coefficient (Wildman–Crippen LogP) is 3.60. The number of rotatable bonds is 5. The molecular formula is C14H22BrCl2N3. The largest absolute Gasteiger partial charge is 0.314 e. The zero-order valence-corrected chi connectivity index (χ0v) is 14.6. The van der Waals surface area contributed by atoms with Gasteiger partial charge in [0.15, 0.2) is 0 Å². The van der Waals surface area contributed by atoms with Crippen LogP contribution in [0.2, 0.25) is 0 Å². The molecule has 3 nitrogen and oxygen atoms in total. The Labute approximate surface area is 142 Å². The van der Waals surface area contributed by atoms with E-state index in [9.17, 15) is 0 Å². The summed E-state index contributed by atoms with van der Waals surface area (Å²) in [5.41, 5.74) is 1.30. The molecule has 1 aromatic heterocycles. The van der Waals surface area contributed by atoms with E-state index in [0.717, 1.165) is 43.5 Å². The molecule has 1 atom stereocenters. The summed E-state index contributed by atoms with van der Waals surface area (Å²) in [6.45, 7) is 8.20. The van der Waals surface area contributed by atoms with Gasteiger partial charge in [-0.15, -0.1) is 31.4 Å². The van der Waals surface area contributed by atoms with Crippen molar-refractivity contribution in [1.82, 2.24) is 15.2 Å². The molecule has 2 rings (SSSR count). The third kappa shape index (κ3) is 5.70. The maximum atomic E-state index is 4.29. The van der Waals surface area contributed by atoms with Crippen molar-refractivity contribution in [2.24, 2.45) is 0 Å². The Kier molecular flexibility index (Phi) is 10.5. The van der Waals surface area contributed by atoms with Gasteiger partial charge < -0.3 is 5.32 Å². The quantitative estimate of drug-likeness (QED) is 0.788. The number of halogens is 3.